The van der Waals surface area contributed by atoms with Gasteiger partial charge in [0.25, 0.3) is 0 Å². The molecule has 0 aliphatic carbocycles. The summed E-state index contributed by atoms with van der Waals surface area (Å²) in [6.45, 7) is 2.00. The number of carbonyl (C=O) groups excluding carboxylic acids is 1. The largest absolute Gasteiger partial charge is 0.493 e. The maximum Gasteiger partial charge on any atom is 0.331 e. The summed E-state index contributed by atoms with van der Waals surface area (Å²) in [5.41, 5.74) is 3.31. The minimum Gasteiger partial charge on any atom is -0.493 e. The van der Waals surface area contributed by atoms with E-state index in [1.165, 1.54) is 13.2 Å². The summed E-state index contributed by atoms with van der Waals surface area (Å²) in [5.74, 6) is 0.467. The Kier molecular flexibility index (Phi) is 5.92. The highest BCUT2D eigenvalue weighted by atomic mass is 16.5. The normalized spacial score (nSPS) is 10.8. The van der Waals surface area contributed by atoms with Gasteiger partial charge in [-0.3, -0.25) is 0 Å². The van der Waals surface area contributed by atoms with Gasteiger partial charge < -0.3 is 18.6 Å². The summed E-state index contributed by atoms with van der Waals surface area (Å²) in [4.78, 5) is 16.5. The molecule has 0 bridgehead atoms. The molecule has 0 unspecified atom stereocenters. The van der Waals surface area contributed by atoms with Gasteiger partial charge in [0.2, 0.25) is 0 Å². The number of carbonyl (C=O) groups is 1. The van der Waals surface area contributed by atoms with E-state index in [1.807, 2.05) is 41.9 Å². The van der Waals surface area contributed by atoms with E-state index in [4.69, 9.17) is 19.5 Å². The molecule has 3 aromatic rings. The van der Waals surface area contributed by atoms with Crippen LogP contribution >= 0.6 is 0 Å². The first-order valence-corrected chi connectivity index (χ1v) is 8.56. The first-order chi connectivity index (χ1) is 13.6. The highest BCUT2D eigenvalue weighted by Gasteiger charge is 2.07. The first-order valence-electron chi connectivity index (χ1n) is 8.56. The molecule has 2 aromatic heterocycles. The summed E-state index contributed by atoms with van der Waals surface area (Å²) >= 11 is 0. The van der Waals surface area contributed by atoms with Gasteiger partial charge in [0.05, 0.1) is 12.8 Å². The molecule has 0 spiro atoms. The topological polar surface area (TPSA) is 85.8 Å². The van der Waals surface area contributed by atoms with Crippen LogP contribution in [0.4, 0.5) is 0 Å². The van der Waals surface area contributed by atoms with Crippen molar-refractivity contribution in [3.05, 3.63) is 65.6 Å². The predicted octanol–water partition coefficient (Wildman–Crippen LogP) is 3.31. The zero-order valence-corrected chi connectivity index (χ0v) is 15.6. The lowest BCUT2D eigenvalue weighted by Gasteiger charge is -2.08. The van der Waals surface area contributed by atoms with Crippen molar-refractivity contribution in [2.24, 2.45) is 0 Å². The molecule has 1 aromatic carbocycles. The molecular formula is C21H19N3O4. The number of fused-ring (bicyclic) bond motifs is 1. The fraction of sp³-hybridized carbons (Fsp3) is 0.190. The summed E-state index contributed by atoms with van der Waals surface area (Å²) in [5, 5.41) is 8.59. The highest BCUT2D eigenvalue weighted by Crippen LogP contribution is 2.28. The Morgan fingerprint density at radius 3 is 2.93 bits per heavy atom. The zero-order valence-electron chi connectivity index (χ0n) is 15.6. The summed E-state index contributed by atoms with van der Waals surface area (Å²) in [7, 11) is 1.51. The standard InChI is InChI=1S/C21H19N3O4/c1-15-4-3-10-24-13-17(23-21(15)24)14-28-20(25)8-6-16-5-7-18(27-11-9-22)19(12-16)26-2/h3-8,10,12-13H,11,14H2,1-2H3/b8-6+. The number of methoxy groups -OCH3 is 1. The molecule has 7 heteroatoms. The number of rotatable bonds is 7. The van der Waals surface area contributed by atoms with E-state index in [9.17, 15) is 4.79 Å². The Bertz CT molecular complexity index is 1060. The zero-order chi connectivity index (χ0) is 19.9. The van der Waals surface area contributed by atoms with E-state index in [0.717, 1.165) is 16.8 Å². The van der Waals surface area contributed by atoms with Crippen molar-refractivity contribution < 1.29 is 19.0 Å². The number of aromatic nitrogens is 2. The molecule has 0 N–H and O–H groups in total. The van der Waals surface area contributed by atoms with E-state index in [2.05, 4.69) is 4.98 Å². The van der Waals surface area contributed by atoms with Crippen molar-refractivity contribution in [2.75, 3.05) is 13.7 Å². The Balaban J connectivity index is 1.61. The molecule has 0 fully saturated rings. The molecule has 0 saturated heterocycles. The van der Waals surface area contributed by atoms with Crippen molar-refractivity contribution in [3.8, 4) is 17.6 Å². The molecule has 2 heterocycles. The predicted molar refractivity (Wildman–Crippen MR) is 103 cm³/mol. The number of esters is 1. The van der Waals surface area contributed by atoms with Crippen LogP contribution in [0.15, 0.2) is 48.8 Å². The van der Waals surface area contributed by atoms with Crippen molar-refractivity contribution in [3.63, 3.8) is 0 Å². The van der Waals surface area contributed by atoms with Crippen LogP contribution in [0.25, 0.3) is 11.7 Å². The summed E-state index contributed by atoms with van der Waals surface area (Å²) < 4.78 is 17.7. The average molecular weight is 377 g/mol. The molecular weight excluding hydrogens is 358 g/mol. The maximum absolute atomic E-state index is 12.0. The van der Waals surface area contributed by atoms with Crippen LogP contribution in [0.5, 0.6) is 11.5 Å². The van der Waals surface area contributed by atoms with Crippen molar-refractivity contribution in [1.29, 1.82) is 5.26 Å². The monoisotopic (exact) mass is 377 g/mol. The molecule has 142 valence electrons. The third-order valence-corrected chi connectivity index (χ3v) is 3.98. The van der Waals surface area contributed by atoms with Crippen LogP contribution in [0.1, 0.15) is 16.8 Å². The lowest BCUT2D eigenvalue weighted by molar-refractivity contribution is -0.139. The second-order valence-corrected chi connectivity index (χ2v) is 5.95. The van der Waals surface area contributed by atoms with E-state index in [1.54, 1.807) is 24.3 Å². The number of pyridine rings is 1. The maximum atomic E-state index is 12.0. The van der Waals surface area contributed by atoms with Crippen LogP contribution in [0, 0.1) is 18.3 Å². The van der Waals surface area contributed by atoms with Gasteiger partial charge in [-0.15, -0.1) is 0 Å². The highest BCUT2D eigenvalue weighted by molar-refractivity contribution is 5.87. The number of aryl methyl sites for hydroxylation is 1. The number of nitrogens with zero attached hydrogens (tertiary/aromatic N) is 3. The Labute approximate surface area is 162 Å². The smallest absolute Gasteiger partial charge is 0.331 e. The van der Waals surface area contributed by atoms with Gasteiger partial charge in [-0.25, -0.2) is 9.78 Å². The van der Waals surface area contributed by atoms with Gasteiger partial charge in [0.15, 0.2) is 18.1 Å². The summed E-state index contributed by atoms with van der Waals surface area (Å²) in [6, 6.07) is 11.0. The van der Waals surface area contributed by atoms with Crippen molar-refractivity contribution in [1.82, 2.24) is 9.38 Å². The Hall–Kier alpha value is -3.79. The minimum atomic E-state index is -0.474. The lowest BCUT2D eigenvalue weighted by atomic mass is 10.2. The van der Waals surface area contributed by atoms with Gasteiger partial charge in [-0.2, -0.15) is 5.26 Å². The third-order valence-electron chi connectivity index (χ3n) is 3.98. The number of nitriles is 1. The SMILES string of the molecule is COc1cc(/C=C/C(=O)OCc2cn3cccc(C)c3n2)ccc1OCC#N. The van der Waals surface area contributed by atoms with Crippen LogP contribution in [-0.4, -0.2) is 29.1 Å². The van der Waals surface area contributed by atoms with Gasteiger partial charge >= 0.3 is 5.97 Å². The Morgan fingerprint density at radius 1 is 1.32 bits per heavy atom. The van der Waals surface area contributed by atoms with Crippen molar-refractivity contribution >= 4 is 17.7 Å². The fourth-order valence-corrected chi connectivity index (χ4v) is 2.65. The van der Waals surface area contributed by atoms with Crippen LogP contribution in [0.3, 0.4) is 0 Å². The van der Waals surface area contributed by atoms with Crippen molar-refractivity contribution in [2.45, 2.75) is 13.5 Å². The fourth-order valence-electron chi connectivity index (χ4n) is 2.65. The number of imidazole rings is 1. The second-order valence-electron chi connectivity index (χ2n) is 5.95. The van der Waals surface area contributed by atoms with Crippen LogP contribution < -0.4 is 9.47 Å². The molecule has 0 amide bonds. The van der Waals surface area contributed by atoms with Crippen LogP contribution in [-0.2, 0) is 16.1 Å². The average Bonchev–Trinajstić information content (AvgIpc) is 3.14. The molecule has 7 nitrogen and oxygen atoms in total. The van der Waals surface area contributed by atoms with Crippen LogP contribution in [0.2, 0.25) is 0 Å². The number of hydrogen-bond donors (Lipinski definition) is 0. The lowest BCUT2D eigenvalue weighted by Crippen LogP contribution is -2.01. The van der Waals surface area contributed by atoms with Gasteiger partial charge in [0, 0.05) is 18.5 Å². The quantitative estimate of drug-likeness (QED) is 0.464. The molecule has 28 heavy (non-hydrogen) atoms. The molecule has 0 atom stereocenters. The van der Waals surface area contributed by atoms with E-state index >= 15 is 0 Å². The van der Waals surface area contributed by atoms with E-state index < -0.39 is 5.97 Å². The first kappa shape index (κ1) is 19.0. The van der Waals surface area contributed by atoms with Gasteiger partial charge in [-0.1, -0.05) is 12.1 Å². The number of benzene rings is 1. The third kappa shape index (κ3) is 4.48. The number of ether oxygens (including phenoxy) is 3. The Morgan fingerprint density at radius 2 is 2.18 bits per heavy atom. The molecule has 0 saturated carbocycles. The van der Waals surface area contributed by atoms with Gasteiger partial charge in [0.1, 0.15) is 18.3 Å². The van der Waals surface area contributed by atoms with E-state index in [0.29, 0.717) is 17.2 Å². The molecule has 0 aliphatic heterocycles. The molecule has 3 rings (SSSR count). The van der Waals surface area contributed by atoms with Gasteiger partial charge in [-0.05, 0) is 42.3 Å². The summed E-state index contributed by atoms with van der Waals surface area (Å²) in [6.07, 6.45) is 6.69. The molecule has 0 radical (unpaired) electrons. The minimum absolute atomic E-state index is 0.0690. The second kappa shape index (κ2) is 8.73. The van der Waals surface area contributed by atoms with E-state index in [-0.39, 0.29) is 13.2 Å². The molecule has 0 aliphatic rings. The number of hydrogen-bond acceptors (Lipinski definition) is 6.